The van der Waals surface area contributed by atoms with Crippen LogP contribution < -0.4 is 9.62 Å². The molecule has 0 aromatic carbocycles. The molecule has 26 heavy (non-hydrogen) atoms. The van der Waals surface area contributed by atoms with Crippen molar-refractivity contribution >= 4 is 16.0 Å². The highest BCUT2D eigenvalue weighted by Crippen LogP contribution is 2.31. The minimum Gasteiger partial charge on any atom is -0.354 e. The van der Waals surface area contributed by atoms with Crippen molar-refractivity contribution in [3.05, 3.63) is 35.7 Å². The minimum atomic E-state index is -3.38. The van der Waals surface area contributed by atoms with Crippen molar-refractivity contribution < 1.29 is 8.42 Å². The molecule has 0 radical (unpaired) electrons. The Morgan fingerprint density at radius 1 is 1.08 bits per heavy atom. The Balaban J connectivity index is 1.64. The fourth-order valence-corrected chi connectivity index (χ4v) is 4.46. The maximum atomic E-state index is 12.0. The third-order valence-corrected chi connectivity index (χ3v) is 6.50. The van der Waals surface area contributed by atoms with E-state index >= 15 is 0 Å². The van der Waals surface area contributed by atoms with Crippen LogP contribution in [0.3, 0.4) is 0 Å². The van der Waals surface area contributed by atoms with E-state index in [9.17, 15) is 8.42 Å². The van der Waals surface area contributed by atoms with Crippen LogP contribution in [0.15, 0.2) is 24.4 Å². The van der Waals surface area contributed by atoms with E-state index in [0.29, 0.717) is 32.0 Å². The summed E-state index contributed by atoms with van der Waals surface area (Å²) in [4.78, 5) is 16.1. The third-order valence-electron chi connectivity index (χ3n) is 4.94. The molecule has 1 aliphatic heterocycles. The highest BCUT2D eigenvalue weighted by Gasteiger charge is 2.29. The zero-order valence-electron chi connectivity index (χ0n) is 14.7. The lowest BCUT2D eigenvalue weighted by Gasteiger charge is -2.35. The molecule has 1 N–H and O–H groups in total. The standard InChI is InChI=1S/C17H22N6O2S/c1-18-26(24,25)23-11-9-22(10-12-23)17-13-5-4-7-14(13)20-16(21-17)15-6-2-3-8-19-15/h2-3,6,8,18H,4-5,7,9-12H2,1H3. The van der Waals surface area contributed by atoms with Crippen molar-refractivity contribution in [1.29, 1.82) is 0 Å². The topological polar surface area (TPSA) is 91.3 Å². The van der Waals surface area contributed by atoms with Gasteiger partial charge in [-0.3, -0.25) is 4.98 Å². The van der Waals surface area contributed by atoms with E-state index in [4.69, 9.17) is 9.97 Å². The second kappa shape index (κ2) is 6.90. The molecule has 0 amide bonds. The largest absolute Gasteiger partial charge is 0.354 e. The number of hydrogen-bond acceptors (Lipinski definition) is 6. The number of nitrogens with zero attached hydrogens (tertiary/aromatic N) is 5. The van der Waals surface area contributed by atoms with E-state index in [0.717, 1.165) is 36.5 Å². The first kappa shape index (κ1) is 17.3. The molecular formula is C17H22N6O2S. The Labute approximate surface area is 153 Å². The summed E-state index contributed by atoms with van der Waals surface area (Å²) in [6.45, 7) is 2.12. The van der Waals surface area contributed by atoms with Crippen molar-refractivity contribution in [3.8, 4) is 11.5 Å². The van der Waals surface area contributed by atoms with Gasteiger partial charge >= 0.3 is 0 Å². The fraction of sp³-hybridized carbons (Fsp3) is 0.471. The normalized spacial score (nSPS) is 18.1. The Bertz CT molecular complexity index is 895. The number of aromatic nitrogens is 3. The van der Waals surface area contributed by atoms with Crippen LogP contribution in [0.2, 0.25) is 0 Å². The van der Waals surface area contributed by atoms with Crippen LogP contribution in [0, 0.1) is 0 Å². The molecule has 8 nitrogen and oxygen atoms in total. The molecule has 2 aromatic rings. The minimum absolute atomic E-state index is 0.445. The van der Waals surface area contributed by atoms with Gasteiger partial charge in [0, 0.05) is 50.7 Å². The molecular weight excluding hydrogens is 352 g/mol. The summed E-state index contributed by atoms with van der Waals surface area (Å²) in [6, 6.07) is 5.72. The molecule has 2 aliphatic rings. The molecule has 1 aliphatic carbocycles. The lowest BCUT2D eigenvalue weighted by atomic mass is 10.2. The molecule has 1 saturated heterocycles. The van der Waals surface area contributed by atoms with Gasteiger partial charge in [0.25, 0.3) is 10.2 Å². The van der Waals surface area contributed by atoms with Crippen LogP contribution in [0.1, 0.15) is 17.7 Å². The van der Waals surface area contributed by atoms with Gasteiger partial charge in [0.15, 0.2) is 5.82 Å². The number of nitrogens with one attached hydrogen (secondary N) is 1. The number of hydrogen-bond donors (Lipinski definition) is 1. The molecule has 0 spiro atoms. The smallest absolute Gasteiger partial charge is 0.279 e. The number of piperazine rings is 1. The van der Waals surface area contributed by atoms with Crippen molar-refractivity contribution in [2.24, 2.45) is 0 Å². The van der Waals surface area contributed by atoms with E-state index < -0.39 is 10.2 Å². The zero-order chi connectivity index (χ0) is 18.1. The average molecular weight is 374 g/mol. The van der Waals surface area contributed by atoms with Crippen LogP contribution >= 0.6 is 0 Å². The van der Waals surface area contributed by atoms with Gasteiger partial charge in [-0.15, -0.1) is 0 Å². The first-order chi connectivity index (χ1) is 12.6. The summed E-state index contributed by atoms with van der Waals surface area (Å²) in [5, 5.41) is 0. The predicted molar refractivity (Wildman–Crippen MR) is 99.1 cm³/mol. The SMILES string of the molecule is CNS(=O)(=O)N1CCN(c2nc(-c3ccccn3)nc3c2CCC3)CC1. The van der Waals surface area contributed by atoms with Gasteiger partial charge in [0.2, 0.25) is 0 Å². The molecule has 2 aromatic heterocycles. The van der Waals surface area contributed by atoms with Gasteiger partial charge in [-0.05, 0) is 31.4 Å². The predicted octanol–water partition coefficient (Wildman–Crippen LogP) is 0.614. The highest BCUT2D eigenvalue weighted by atomic mass is 32.2. The summed E-state index contributed by atoms with van der Waals surface area (Å²) in [5.74, 6) is 1.58. The number of rotatable bonds is 4. The molecule has 138 valence electrons. The van der Waals surface area contributed by atoms with Crippen LogP contribution in [0.4, 0.5) is 5.82 Å². The maximum absolute atomic E-state index is 12.0. The molecule has 0 bridgehead atoms. The number of pyridine rings is 1. The second-order valence-electron chi connectivity index (χ2n) is 6.46. The van der Waals surface area contributed by atoms with Crippen LogP contribution in [0.5, 0.6) is 0 Å². The van der Waals surface area contributed by atoms with Gasteiger partial charge in [-0.1, -0.05) is 6.07 Å². The number of fused-ring (bicyclic) bond motifs is 1. The van der Waals surface area contributed by atoms with Crippen LogP contribution in [-0.2, 0) is 23.1 Å². The average Bonchev–Trinajstić information content (AvgIpc) is 3.17. The number of aryl methyl sites for hydroxylation is 1. The van der Waals surface area contributed by atoms with Crippen LogP contribution in [0.25, 0.3) is 11.5 Å². The molecule has 3 heterocycles. The summed E-state index contributed by atoms with van der Waals surface area (Å²) >= 11 is 0. The van der Waals surface area contributed by atoms with Crippen molar-refractivity contribution in [3.63, 3.8) is 0 Å². The number of anilines is 1. The molecule has 0 atom stereocenters. The quantitative estimate of drug-likeness (QED) is 0.843. The summed E-state index contributed by atoms with van der Waals surface area (Å²) in [7, 11) is -1.93. The van der Waals surface area contributed by atoms with Gasteiger partial charge in [0.05, 0.1) is 0 Å². The van der Waals surface area contributed by atoms with Gasteiger partial charge in [-0.2, -0.15) is 12.7 Å². The third kappa shape index (κ3) is 3.17. The Morgan fingerprint density at radius 2 is 1.88 bits per heavy atom. The molecule has 1 fully saturated rings. The van der Waals surface area contributed by atoms with Gasteiger partial charge in [-0.25, -0.2) is 14.7 Å². The van der Waals surface area contributed by atoms with Crippen LogP contribution in [-0.4, -0.2) is 60.9 Å². The molecule has 9 heteroatoms. The maximum Gasteiger partial charge on any atom is 0.279 e. The summed E-state index contributed by atoms with van der Waals surface area (Å²) < 4.78 is 27.8. The Morgan fingerprint density at radius 3 is 2.58 bits per heavy atom. The van der Waals surface area contributed by atoms with Crippen molar-refractivity contribution in [2.75, 3.05) is 38.1 Å². The fourth-order valence-electron chi connectivity index (χ4n) is 3.55. The molecule has 0 unspecified atom stereocenters. The second-order valence-corrected chi connectivity index (χ2v) is 8.33. The lowest BCUT2D eigenvalue weighted by Crippen LogP contribution is -2.51. The van der Waals surface area contributed by atoms with E-state index in [-0.39, 0.29) is 0 Å². The monoisotopic (exact) mass is 374 g/mol. The summed E-state index contributed by atoms with van der Waals surface area (Å²) in [6.07, 6.45) is 4.75. The van der Waals surface area contributed by atoms with E-state index in [1.54, 1.807) is 6.20 Å². The van der Waals surface area contributed by atoms with Crippen molar-refractivity contribution in [1.82, 2.24) is 24.0 Å². The first-order valence-electron chi connectivity index (χ1n) is 8.83. The Hall–Kier alpha value is -2.10. The van der Waals surface area contributed by atoms with E-state index in [1.807, 2.05) is 18.2 Å². The summed E-state index contributed by atoms with van der Waals surface area (Å²) in [5.41, 5.74) is 3.07. The Kier molecular flexibility index (Phi) is 4.60. The van der Waals surface area contributed by atoms with E-state index in [1.165, 1.54) is 16.9 Å². The highest BCUT2D eigenvalue weighted by molar-refractivity contribution is 7.87. The van der Waals surface area contributed by atoms with Crippen molar-refractivity contribution in [2.45, 2.75) is 19.3 Å². The molecule has 0 saturated carbocycles. The molecule has 4 rings (SSSR count). The lowest BCUT2D eigenvalue weighted by molar-refractivity contribution is 0.379. The zero-order valence-corrected chi connectivity index (χ0v) is 15.5. The first-order valence-corrected chi connectivity index (χ1v) is 10.3. The van der Waals surface area contributed by atoms with E-state index in [2.05, 4.69) is 14.6 Å². The van der Waals surface area contributed by atoms with Gasteiger partial charge < -0.3 is 4.90 Å². The van der Waals surface area contributed by atoms with Gasteiger partial charge in [0.1, 0.15) is 11.5 Å².